The third-order valence-electron chi connectivity index (χ3n) is 4.69. The van der Waals surface area contributed by atoms with Gasteiger partial charge in [-0.05, 0) is 51.1 Å². The van der Waals surface area contributed by atoms with Crippen LogP contribution in [0.1, 0.15) is 5.56 Å². The lowest BCUT2D eigenvalue weighted by Crippen LogP contribution is -1.95. The molecular formula is C25H21N. The Labute approximate surface area is 154 Å². The molecule has 0 aromatic heterocycles. The van der Waals surface area contributed by atoms with Crippen molar-refractivity contribution in [3.05, 3.63) is 109 Å². The molecule has 1 heteroatoms. The highest BCUT2D eigenvalue weighted by Gasteiger charge is 2.04. The molecule has 0 atom stereocenters. The van der Waals surface area contributed by atoms with Crippen LogP contribution in [0.25, 0.3) is 33.4 Å². The van der Waals surface area contributed by atoms with Gasteiger partial charge in [0.1, 0.15) is 0 Å². The summed E-state index contributed by atoms with van der Waals surface area (Å²) in [7, 11) is 0. The molecule has 0 radical (unpaired) electrons. The highest BCUT2D eigenvalue weighted by molar-refractivity contribution is 5.76. The number of nitrogens with two attached hydrogens (primary N) is 1. The van der Waals surface area contributed by atoms with Crippen LogP contribution in [0.3, 0.4) is 0 Å². The normalized spacial score (nSPS) is 10.7. The smallest absolute Gasteiger partial charge is 0.0178 e. The first-order valence-corrected chi connectivity index (χ1v) is 8.89. The topological polar surface area (TPSA) is 26.0 Å². The molecule has 4 aromatic carbocycles. The molecule has 126 valence electrons. The van der Waals surface area contributed by atoms with Gasteiger partial charge in [-0.25, -0.2) is 0 Å². The Bertz CT molecular complexity index is 1000. The van der Waals surface area contributed by atoms with Gasteiger partial charge in [-0.2, -0.15) is 0 Å². The van der Waals surface area contributed by atoms with Crippen LogP contribution in [0.4, 0.5) is 0 Å². The van der Waals surface area contributed by atoms with Crippen molar-refractivity contribution >= 4 is 0 Å². The average molecular weight is 335 g/mol. The second-order valence-electron chi connectivity index (χ2n) is 6.43. The molecule has 0 spiro atoms. The van der Waals surface area contributed by atoms with Crippen molar-refractivity contribution in [1.29, 1.82) is 0 Å². The van der Waals surface area contributed by atoms with E-state index < -0.39 is 0 Å². The minimum atomic E-state index is 0.576. The largest absolute Gasteiger partial charge is 0.326 e. The maximum absolute atomic E-state index is 5.70. The fourth-order valence-corrected chi connectivity index (χ4v) is 3.22. The second kappa shape index (κ2) is 7.38. The van der Waals surface area contributed by atoms with E-state index in [1.807, 2.05) is 6.07 Å². The van der Waals surface area contributed by atoms with Crippen LogP contribution in [0.5, 0.6) is 0 Å². The Morgan fingerprint density at radius 2 is 0.846 bits per heavy atom. The van der Waals surface area contributed by atoms with Gasteiger partial charge in [-0.3, -0.25) is 0 Å². The van der Waals surface area contributed by atoms with Crippen LogP contribution in [0.2, 0.25) is 0 Å². The van der Waals surface area contributed by atoms with Crippen LogP contribution in [-0.4, -0.2) is 0 Å². The molecule has 0 fully saturated rings. The minimum Gasteiger partial charge on any atom is -0.326 e. The van der Waals surface area contributed by atoms with Crippen LogP contribution in [0.15, 0.2) is 103 Å². The fourth-order valence-electron chi connectivity index (χ4n) is 3.22. The summed E-state index contributed by atoms with van der Waals surface area (Å²) in [5.41, 5.74) is 14.2. The van der Waals surface area contributed by atoms with Crippen molar-refractivity contribution < 1.29 is 0 Å². The van der Waals surface area contributed by atoms with E-state index in [0.29, 0.717) is 6.54 Å². The van der Waals surface area contributed by atoms with Crippen molar-refractivity contribution in [3.63, 3.8) is 0 Å². The van der Waals surface area contributed by atoms with Gasteiger partial charge in [0.05, 0.1) is 0 Å². The molecule has 0 aliphatic rings. The van der Waals surface area contributed by atoms with E-state index in [2.05, 4.69) is 97.1 Å². The maximum atomic E-state index is 5.70. The second-order valence-corrected chi connectivity index (χ2v) is 6.43. The zero-order valence-corrected chi connectivity index (χ0v) is 14.6. The van der Waals surface area contributed by atoms with Gasteiger partial charge < -0.3 is 5.73 Å². The molecule has 0 unspecified atom stereocenters. The zero-order valence-electron chi connectivity index (χ0n) is 14.6. The zero-order chi connectivity index (χ0) is 17.8. The highest BCUT2D eigenvalue weighted by Crippen LogP contribution is 2.29. The third-order valence-corrected chi connectivity index (χ3v) is 4.69. The summed E-state index contributed by atoms with van der Waals surface area (Å²) in [6.07, 6.45) is 0. The Kier molecular flexibility index (Phi) is 4.63. The lowest BCUT2D eigenvalue weighted by molar-refractivity contribution is 1.07. The van der Waals surface area contributed by atoms with Gasteiger partial charge >= 0.3 is 0 Å². The molecule has 0 heterocycles. The van der Waals surface area contributed by atoms with E-state index in [1.165, 1.54) is 33.4 Å². The monoisotopic (exact) mass is 335 g/mol. The van der Waals surface area contributed by atoms with Crippen LogP contribution in [0, 0.1) is 0 Å². The van der Waals surface area contributed by atoms with E-state index in [1.54, 1.807) is 0 Å². The van der Waals surface area contributed by atoms with Gasteiger partial charge in [0.25, 0.3) is 0 Å². The van der Waals surface area contributed by atoms with Crippen molar-refractivity contribution in [2.75, 3.05) is 0 Å². The van der Waals surface area contributed by atoms with E-state index in [-0.39, 0.29) is 0 Å². The van der Waals surface area contributed by atoms with Gasteiger partial charge in [0.15, 0.2) is 0 Å². The van der Waals surface area contributed by atoms with Crippen LogP contribution < -0.4 is 5.73 Å². The molecule has 2 N–H and O–H groups in total. The van der Waals surface area contributed by atoms with Crippen molar-refractivity contribution in [2.24, 2.45) is 5.73 Å². The third kappa shape index (κ3) is 3.44. The molecule has 0 aliphatic carbocycles. The molecule has 0 bridgehead atoms. The molecule has 0 amide bonds. The minimum absolute atomic E-state index is 0.576. The van der Waals surface area contributed by atoms with Crippen molar-refractivity contribution in [2.45, 2.75) is 6.54 Å². The first-order chi connectivity index (χ1) is 12.8. The van der Waals surface area contributed by atoms with Crippen molar-refractivity contribution in [1.82, 2.24) is 0 Å². The molecule has 1 nitrogen and oxygen atoms in total. The quantitative estimate of drug-likeness (QED) is 0.476. The standard InChI is InChI=1S/C25H21N/c26-18-19-12-14-21(15-13-19)23-9-5-11-25(17-23)24-10-4-8-22(16-24)20-6-2-1-3-7-20/h1-17H,18,26H2. The first kappa shape index (κ1) is 16.3. The van der Waals surface area contributed by atoms with Crippen LogP contribution >= 0.6 is 0 Å². The van der Waals surface area contributed by atoms with E-state index in [0.717, 1.165) is 5.56 Å². The average Bonchev–Trinajstić information content (AvgIpc) is 2.75. The summed E-state index contributed by atoms with van der Waals surface area (Å²) < 4.78 is 0. The Hall–Kier alpha value is -3.16. The summed E-state index contributed by atoms with van der Waals surface area (Å²) in [6.45, 7) is 0.576. The molecule has 0 saturated heterocycles. The fraction of sp³-hybridized carbons (Fsp3) is 0.0400. The van der Waals surface area contributed by atoms with Gasteiger partial charge in [-0.1, -0.05) is 91.0 Å². The molecule has 4 aromatic rings. The predicted octanol–water partition coefficient (Wildman–Crippen LogP) is 6.15. The molecule has 4 rings (SSSR count). The van der Waals surface area contributed by atoms with E-state index in [9.17, 15) is 0 Å². The number of hydrogen-bond acceptors (Lipinski definition) is 1. The Morgan fingerprint density at radius 1 is 0.423 bits per heavy atom. The number of hydrogen-bond donors (Lipinski definition) is 1. The predicted molar refractivity (Wildman–Crippen MR) is 111 cm³/mol. The number of rotatable bonds is 4. The summed E-state index contributed by atoms with van der Waals surface area (Å²) in [6, 6.07) is 36.4. The van der Waals surface area contributed by atoms with E-state index >= 15 is 0 Å². The number of benzene rings is 4. The van der Waals surface area contributed by atoms with E-state index in [4.69, 9.17) is 5.73 Å². The Balaban J connectivity index is 1.70. The summed E-state index contributed by atoms with van der Waals surface area (Å²) in [5, 5.41) is 0. The molecule has 26 heavy (non-hydrogen) atoms. The van der Waals surface area contributed by atoms with Crippen LogP contribution in [-0.2, 0) is 6.54 Å². The maximum Gasteiger partial charge on any atom is 0.0178 e. The molecule has 0 aliphatic heterocycles. The SMILES string of the molecule is NCc1ccc(-c2cccc(-c3cccc(-c4ccccc4)c3)c2)cc1. The summed E-state index contributed by atoms with van der Waals surface area (Å²) in [4.78, 5) is 0. The van der Waals surface area contributed by atoms with Gasteiger partial charge in [0.2, 0.25) is 0 Å². The van der Waals surface area contributed by atoms with Gasteiger partial charge in [0, 0.05) is 6.54 Å². The first-order valence-electron chi connectivity index (χ1n) is 8.89. The Morgan fingerprint density at radius 3 is 1.35 bits per heavy atom. The molecular weight excluding hydrogens is 314 g/mol. The highest BCUT2D eigenvalue weighted by atomic mass is 14.5. The molecule has 0 saturated carbocycles. The summed E-state index contributed by atoms with van der Waals surface area (Å²) >= 11 is 0. The van der Waals surface area contributed by atoms with Gasteiger partial charge in [-0.15, -0.1) is 0 Å². The summed E-state index contributed by atoms with van der Waals surface area (Å²) in [5.74, 6) is 0. The van der Waals surface area contributed by atoms with Crippen molar-refractivity contribution in [3.8, 4) is 33.4 Å². The lowest BCUT2D eigenvalue weighted by Gasteiger charge is -2.09. The lowest BCUT2D eigenvalue weighted by atomic mass is 9.96.